The molecule has 2 aromatic heterocycles. The minimum Gasteiger partial charge on any atom is -0.364 e. The van der Waals surface area contributed by atoms with Gasteiger partial charge in [-0.1, -0.05) is 0 Å². The molecule has 0 aromatic carbocycles. The third-order valence-corrected chi connectivity index (χ3v) is 3.11. The van der Waals surface area contributed by atoms with Crippen LogP contribution in [0, 0.1) is 6.92 Å². The zero-order valence-electron chi connectivity index (χ0n) is 10.0. The molecule has 2 aromatic rings. The Morgan fingerprint density at radius 2 is 2.33 bits per heavy atom. The topological polar surface area (TPSA) is 75.2 Å². The van der Waals surface area contributed by atoms with Gasteiger partial charge in [0.2, 0.25) is 0 Å². The maximum absolute atomic E-state index is 11.8. The van der Waals surface area contributed by atoms with Gasteiger partial charge in [-0.2, -0.15) is 0 Å². The number of aromatic nitrogens is 2. The Bertz CT molecular complexity index is 639. The average molecular weight is 313 g/mol. The van der Waals surface area contributed by atoms with Gasteiger partial charge in [0, 0.05) is 28.4 Å². The number of rotatable bonds is 3. The lowest BCUT2D eigenvalue weighted by molar-refractivity contribution is -0.0975. The summed E-state index contributed by atoms with van der Waals surface area (Å²) in [5.74, 6) is 0. The summed E-state index contributed by atoms with van der Waals surface area (Å²) < 4.78 is 5.91. The third-order valence-electron chi connectivity index (χ3n) is 2.67. The van der Waals surface area contributed by atoms with Gasteiger partial charge in [-0.25, -0.2) is 0 Å². The van der Waals surface area contributed by atoms with Gasteiger partial charge < -0.3 is 14.8 Å². The first-order valence-electron chi connectivity index (χ1n) is 5.52. The number of aliphatic hydroxyl groups is 1. The Morgan fingerprint density at radius 1 is 1.61 bits per heavy atom. The van der Waals surface area contributed by atoms with E-state index < -0.39 is 6.29 Å². The molecule has 5 nitrogen and oxygen atoms in total. The molecule has 2 N–H and O–H groups in total. The summed E-state index contributed by atoms with van der Waals surface area (Å²) in [6, 6.07) is 1.74. The molecule has 0 saturated heterocycles. The molecule has 0 saturated carbocycles. The van der Waals surface area contributed by atoms with E-state index in [-0.39, 0.29) is 5.56 Å². The predicted molar refractivity (Wildman–Crippen MR) is 71.4 cm³/mol. The summed E-state index contributed by atoms with van der Waals surface area (Å²) in [4.78, 5) is 18.8. The second-order valence-electron chi connectivity index (χ2n) is 3.85. The van der Waals surface area contributed by atoms with Gasteiger partial charge in [0.25, 0.3) is 5.56 Å². The van der Waals surface area contributed by atoms with Crippen LogP contribution >= 0.6 is 15.9 Å². The lowest BCUT2D eigenvalue weighted by atomic mass is 10.1. The number of H-pyrrole nitrogens is 1. The molecule has 0 aliphatic heterocycles. The van der Waals surface area contributed by atoms with Crippen molar-refractivity contribution in [1.29, 1.82) is 0 Å². The summed E-state index contributed by atoms with van der Waals surface area (Å²) in [5, 5.41) is 9.97. The van der Waals surface area contributed by atoms with Crippen LogP contribution in [-0.2, 0) is 4.74 Å². The fourth-order valence-corrected chi connectivity index (χ4v) is 2.14. The van der Waals surface area contributed by atoms with E-state index in [4.69, 9.17) is 4.74 Å². The highest BCUT2D eigenvalue weighted by molar-refractivity contribution is 9.10. The van der Waals surface area contributed by atoms with Gasteiger partial charge in [-0.15, -0.1) is 0 Å². The van der Waals surface area contributed by atoms with Crippen LogP contribution in [0.1, 0.15) is 24.3 Å². The summed E-state index contributed by atoms with van der Waals surface area (Å²) >= 11 is 3.29. The molecule has 0 bridgehead atoms. The number of pyridine rings is 2. The number of nitrogens with one attached hydrogen (secondary N) is 1. The van der Waals surface area contributed by atoms with Crippen molar-refractivity contribution in [1.82, 2.24) is 9.97 Å². The molecular formula is C12H13BrN2O3. The second kappa shape index (κ2) is 5.17. The standard InChI is InChI=1S/C12H13BrN2O3/c1-3-18-12(17)9-6(2)11(16)15-8-4-7(13)5-14-10(8)9/h4-5,12,17H,3H2,1-2H3,(H,15,16). The Balaban J connectivity index is 2.76. The first-order valence-corrected chi connectivity index (χ1v) is 6.31. The van der Waals surface area contributed by atoms with Gasteiger partial charge in [-0.3, -0.25) is 9.78 Å². The average Bonchev–Trinajstić information content (AvgIpc) is 2.31. The maximum atomic E-state index is 11.8. The molecule has 1 atom stereocenters. The number of fused-ring (bicyclic) bond motifs is 1. The predicted octanol–water partition coefficient (Wildman–Crippen LogP) is 2.02. The minimum absolute atomic E-state index is 0.254. The van der Waals surface area contributed by atoms with E-state index in [9.17, 15) is 9.90 Å². The van der Waals surface area contributed by atoms with E-state index in [2.05, 4.69) is 25.9 Å². The molecule has 1 unspecified atom stereocenters. The van der Waals surface area contributed by atoms with Crippen LogP contribution in [0.15, 0.2) is 21.5 Å². The summed E-state index contributed by atoms with van der Waals surface area (Å²) in [7, 11) is 0. The molecule has 0 aliphatic carbocycles. The van der Waals surface area contributed by atoms with Gasteiger partial charge in [0.1, 0.15) is 0 Å². The summed E-state index contributed by atoms with van der Waals surface area (Å²) in [6.45, 7) is 3.77. The molecular weight excluding hydrogens is 300 g/mol. The SMILES string of the molecule is CCOC(O)c1c(C)c(=O)[nH]c2cc(Br)cnc12. The molecule has 0 fully saturated rings. The number of ether oxygens (including phenoxy) is 1. The summed E-state index contributed by atoms with van der Waals surface area (Å²) in [6.07, 6.45) is 0.468. The summed E-state index contributed by atoms with van der Waals surface area (Å²) in [5.41, 5.74) is 1.68. The zero-order valence-corrected chi connectivity index (χ0v) is 11.6. The largest absolute Gasteiger partial charge is 0.364 e. The van der Waals surface area contributed by atoms with Crippen LogP contribution in [0.2, 0.25) is 0 Å². The molecule has 0 amide bonds. The molecule has 6 heteroatoms. The number of hydrogen-bond donors (Lipinski definition) is 2. The quantitative estimate of drug-likeness (QED) is 0.850. The number of aliphatic hydroxyl groups excluding tert-OH is 1. The Morgan fingerprint density at radius 3 is 3.00 bits per heavy atom. The zero-order chi connectivity index (χ0) is 13.3. The van der Waals surface area contributed by atoms with E-state index in [0.29, 0.717) is 28.8 Å². The normalized spacial score (nSPS) is 12.9. The van der Waals surface area contributed by atoms with E-state index in [1.807, 2.05) is 0 Å². The van der Waals surface area contributed by atoms with Crippen molar-refractivity contribution in [2.45, 2.75) is 20.1 Å². The first-order chi connectivity index (χ1) is 8.54. The van der Waals surface area contributed by atoms with Crippen molar-refractivity contribution in [2.75, 3.05) is 6.61 Å². The Hall–Kier alpha value is -1.24. The Kier molecular flexibility index (Phi) is 3.79. The van der Waals surface area contributed by atoms with Gasteiger partial charge in [0.05, 0.1) is 11.0 Å². The van der Waals surface area contributed by atoms with E-state index in [1.165, 1.54) is 0 Å². The molecule has 2 heterocycles. The highest BCUT2D eigenvalue weighted by Gasteiger charge is 2.18. The lowest BCUT2D eigenvalue weighted by Gasteiger charge is -2.15. The van der Waals surface area contributed by atoms with Crippen LogP contribution in [0.3, 0.4) is 0 Å². The van der Waals surface area contributed by atoms with Crippen LogP contribution < -0.4 is 5.56 Å². The first kappa shape index (κ1) is 13.2. The van der Waals surface area contributed by atoms with Crippen LogP contribution in [0.5, 0.6) is 0 Å². The third kappa shape index (κ3) is 2.31. The molecule has 2 rings (SSSR count). The van der Waals surface area contributed by atoms with Crippen molar-refractivity contribution in [3.05, 3.63) is 38.2 Å². The van der Waals surface area contributed by atoms with Crippen molar-refractivity contribution in [3.63, 3.8) is 0 Å². The second-order valence-corrected chi connectivity index (χ2v) is 4.77. The van der Waals surface area contributed by atoms with Crippen molar-refractivity contribution in [3.8, 4) is 0 Å². The molecule has 0 spiro atoms. The molecule has 18 heavy (non-hydrogen) atoms. The molecule has 96 valence electrons. The molecule has 0 radical (unpaired) electrons. The number of aromatic amines is 1. The van der Waals surface area contributed by atoms with Crippen molar-refractivity contribution < 1.29 is 9.84 Å². The van der Waals surface area contributed by atoms with Crippen LogP contribution in [0.4, 0.5) is 0 Å². The van der Waals surface area contributed by atoms with Crippen LogP contribution in [0.25, 0.3) is 11.0 Å². The van der Waals surface area contributed by atoms with Crippen LogP contribution in [-0.4, -0.2) is 21.7 Å². The lowest BCUT2D eigenvalue weighted by Crippen LogP contribution is -2.17. The Labute approximate surface area is 112 Å². The van der Waals surface area contributed by atoms with Gasteiger partial charge >= 0.3 is 0 Å². The maximum Gasteiger partial charge on any atom is 0.251 e. The smallest absolute Gasteiger partial charge is 0.251 e. The number of hydrogen-bond acceptors (Lipinski definition) is 4. The van der Waals surface area contributed by atoms with Crippen molar-refractivity contribution >= 4 is 27.0 Å². The van der Waals surface area contributed by atoms with Gasteiger partial charge in [-0.05, 0) is 35.8 Å². The van der Waals surface area contributed by atoms with E-state index in [0.717, 1.165) is 4.47 Å². The monoisotopic (exact) mass is 312 g/mol. The highest BCUT2D eigenvalue weighted by atomic mass is 79.9. The number of halogens is 1. The van der Waals surface area contributed by atoms with Gasteiger partial charge in [0.15, 0.2) is 6.29 Å². The van der Waals surface area contributed by atoms with Crippen molar-refractivity contribution in [2.24, 2.45) is 0 Å². The molecule has 0 aliphatic rings. The van der Waals surface area contributed by atoms with E-state index >= 15 is 0 Å². The highest BCUT2D eigenvalue weighted by Crippen LogP contribution is 2.25. The number of nitrogens with zero attached hydrogens (tertiary/aromatic N) is 1. The van der Waals surface area contributed by atoms with E-state index in [1.54, 1.807) is 26.1 Å². The fraction of sp³-hybridized carbons (Fsp3) is 0.333. The fourth-order valence-electron chi connectivity index (χ4n) is 1.81. The minimum atomic E-state index is -1.14.